The molecule has 0 atom stereocenters. The number of ether oxygens (including phenoxy) is 1. The zero-order valence-corrected chi connectivity index (χ0v) is 11.3. The molecule has 0 aliphatic rings. The third-order valence-electron chi connectivity index (χ3n) is 2.45. The zero-order valence-electron chi connectivity index (χ0n) is 10.5. The van der Waals surface area contributed by atoms with Crippen molar-refractivity contribution in [1.29, 1.82) is 0 Å². The van der Waals surface area contributed by atoms with Gasteiger partial charge in [-0.1, -0.05) is 13.3 Å². The first-order valence-electron chi connectivity index (χ1n) is 5.92. The van der Waals surface area contributed by atoms with Crippen LogP contribution in [0.4, 0.5) is 0 Å². The molecule has 0 aromatic carbocycles. The molecule has 0 bridgehead atoms. The molecule has 92 valence electrons. The third kappa shape index (κ3) is 4.60. The number of aryl methyl sites for hydroxylation is 1. The standard InChI is InChI=1S/C12H22N2OS/c1-4-5-7-13-9-11-10(2)14-12(16-11)6-8-15-3/h13H,4-9H2,1-3H3. The maximum atomic E-state index is 5.06. The van der Waals surface area contributed by atoms with E-state index in [0.29, 0.717) is 0 Å². The lowest BCUT2D eigenvalue weighted by Gasteiger charge is -2.01. The van der Waals surface area contributed by atoms with Crippen LogP contribution in [-0.2, 0) is 17.7 Å². The van der Waals surface area contributed by atoms with E-state index >= 15 is 0 Å². The number of rotatable bonds is 8. The van der Waals surface area contributed by atoms with Gasteiger partial charge in [-0.25, -0.2) is 4.98 Å². The van der Waals surface area contributed by atoms with Gasteiger partial charge < -0.3 is 10.1 Å². The van der Waals surface area contributed by atoms with Crippen molar-refractivity contribution in [2.75, 3.05) is 20.3 Å². The predicted molar refractivity (Wildman–Crippen MR) is 69.0 cm³/mol. The van der Waals surface area contributed by atoms with E-state index < -0.39 is 0 Å². The second-order valence-electron chi connectivity index (χ2n) is 3.89. The van der Waals surface area contributed by atoms with Crippen LogP contribution in [0.15, 0.2) is 0 Å². The van der Waals surface area contributed by atoms with Gasteiger partial charge in [-0.05, 0) is 19.9 Å². The molecule has 0 unspecified atom stereocenters. The van der Waals surface area contributed by atoms with Crippen LogP contribution >= 0.6 is 11.3 Å². The molecule has 0 fully saturated rings. The van der Waals surface area contributed by atoms with Crippen LogP contribution in [-0.4, -0.2) is 25.2 Å². The highest BCUT2D eigenvalue weighted by Crippen LogP contribution is 2.18. The van der Waals surface area contributed by atoms with Crippen LogP contribution in [0.5, 0.6) is 0 Å². The van der Waals surface area contributed by atoms with E-state index in [9.17, 15) is 0 Å². The van der Waals surface area contributed by atoms with Crippen LogP contribution in [0.25, 0.3) is 0 Å². The van der Waals surface area contributed by atoms with Gasteiger partial charge in [0, 0.05) is 25.0 Å². The molecule has 0 spiro atoms. The Bertz CT molecular complexity index is 299. The molecule has 1 N–H and O–H groups in total. The number of methoxy groups -OCH3 is 1. The number of unbranched alkanes of at least 4 members (excludes halogenated alkanes) is 1. The average molecular weight is 242 g/mol. The fourth-order valence-electron chi connectivity index (χ4n) is 1.45. The number of nitrogens with zero attached hydrogens (tertiary/aromatic N) is 1. The summed E-state index contributed by atoms with van der Waals surface area (Å²) in [6, 6.07) is 0. The largest absolute Gasteiger partial charge is 0.384 e. The van der Waals surface area contributed by atoms with Crippen molar-refractivity contribution in [3.05, 3.63) is 15.6 Å². The maximum absolute atomic E-state index is 5.06. The molecule has 1 aromatic heterocycles. The Kier molecular flexibility index (Phi) is 6.61. The quantitative estimate of drug-likeness (QED) is 0.711. The number of hydrogen-bond acceptors (Lipinski definition) is 4. The van der Waals surface area contributed by atoms with Gasteiger partial charge in [0.2, 0.25) is 0 Å². The minimum absolute atomic E-state index is 0.760. The van der Waals surface area contributed by atoms with Crippen molar-refractivity contribution in [1.82, 2.24) is 10.3 Å². The minimum Gasteiger partial charge on any atom is -0.384 e. The molecule has 1 rings (SSSR count). The maximum Gasteiger partial charge on any atom is 0.0954 e. The summed E-state index contributed by atoms with van der Waals surface area (Å²) in [5.41, 5.74) is 1.17. The first-order valence-corrected chi connectivity index (χ1v) is 6.74. The van der Waals surface area contributed by atoms with Crippen LogP contribution < -0.4 is 5.32 Å². The summed E-state index contributed by atoms with van der Waals surface area (Å²) in [6.07, 6.45) is 3.42. The lowest BCUT2D eigenvalue weighted by atomic mass is 10.3. The molecule has 0 radical (unpaired) electrons. The highest BCUT2D eigenvalue weighted by Gasteiger charge is 2.06. The van der Waals surface area contributed by atoms with Crippen LogP contribution in [0.2, 0.25) is 0 Å². The second kappa shape index (κ2) is 7.76. The predicted octanol–water partition coefficient (Wildman–Crippen LogP) is 2.53. The van der Waals surface area contributed by atoms with Gasteiger partial charge >= 0.3 is 0 Å². The molecular weight excluding hydrogens is 220 g/mol. The van der Waals surface area contributed by atoms with Gasteiger partial charge in [0.25, 0.3) is 0 Å². The summed E-state index contributed by atoms with van der Waals surface area (Å²) < 4.78 is 5.06. The molecule has 1 aromatic rings. The lowest BCUT2D eigenvalue weighted by molar-refractivity contribution is 0.202. The summed E-state index contributed by atoms with van der Waals surface area (Å²) in [7, 11) is 1.73. The molecule has 0 amide bonds. The Labute approximate surface area is 102 Å². The monoisotopic (exact) mass is 242 g/mol. The van der Waals surface area contributed by atoms with Gasteiger partial charge in [0.15, 0.2) is 0 Å². The Morgan fingerprint density at radius 2 is 2.25 bits per heavy atom. The second-order valence-corrected chi connectivity index (χ2v) is 5.06. The van der Waals surface area contributed by atoms with E-state index in [1.165, 1.54) is 28.4 Å². The van der Waals surface area contributed by atoms with E-state index in [1.54, 1.807) is 18.4 Å². The van der Waals surface area contributed by atoms with Crippen molar-refractivity contribution in [2.24, 2.45) is 0 Å². The number of thiazole rings is 1. The topological polar surface area (TPSA) is 34.1 Å². The van der Waals surface area contributed by atoms with Crippen molar-refractivity contribution in [2.45, 2.75) is 39.7 Å². The van der Waals surface area contributed by atoms with Crippen LogP contribution in [0.3, 0.4) is 0 Å². The number of nitrogens with one attached hydrogen (secondary N) is 1. The summed E-state index contributed by atoms with van der Waals surface area (Å²) in [5, 5.41) is 4.64. The van der Waals surface area contributed by atoms with Gasteiger partial charge in [-0.2, -0.15) is 0 Å². The first kappa shape index (κ1) is 13.6. The molecule has 1 heterocycles. The van der Waals surface area contributed by atoms with E-state index in [0.717, 1.165) is 26.1 Å². The zero-order chi connectivity index (χ0) is 11.8. The van der Waals surface area contributed by atoms with E-state index in [4.69, 9.17) is 4.74 Å². The summed E-state index contributed by atoms with van der Waals surface area (Å²) in [6.45, 7) is 7.11. The molecule has 0 aliphatic carbocycles. The molecule has 0 aliphatic heterocycles. The molecule has 0 saturated carbocycles. The van der Waals surface area contributed by atoms with Gasteiger partial charge in [-0.15, -0.1) is 11.3 Å². The van der Waals surface area contributed by atoms with Gasteiger partial charge in [0.05, 0.1) is 17.3 Å². The molecule has 4 heteroatoms. The average Bonchev–Trinajstić information content (AvgIpc) is 2.63. The molecular formula is C12H22N2OS. The SMILES string of the molecule is CCCCNCc1sc(CCOC)nc1C. The first-order chi connectivity index (χ1) is 7.77. The number of hydrogen-bond donors (Lipinski definition) is 1. The van der Waals surface area contributed by atoms with Crippen LogP contribution in [0.1, 0.15) is 35.3 Å². The Morgan fingerprint density at radius 1 is 1.44 bits per heavy atom. The summed E-state index contributed by atoms with van der Waals surface area (Å²) in [4.78, 5) is 5.91. The van der Waals surface area contributed by atoms with Crippen molar-refractivity contribution >= 4 is 11.3 Å². The van der Waals surface area contributed by atoms with Crippen molar-refractivity contribution in [3.63, 3.8) is 0 Å². The molecule has 0 saturated heterocycles. The highest BCUT2D eigenvalue weighted by atomic mass is 32.1. The van der Waals surface area contributed by atoms with Crippen LogP contribution in [0, 0.1) is 6.92 Å². The minimum atomic E-state index is 0.760. The molecule has 16 heavy (non-hydrogen) atoms. The Hall–Kier alpha value is -0.450. The molecule has 3 nitrogen and oxygen atoms in total. The van der Waals surface area contributed by atoms with Crippen molar-refractivity contribution < 1.29 is 4.74 Å². The Morgan fingerprint density at radius 3 is 2.94 bits per heavy atom. The number of aromatic nitrogens is 1. The van der Waals surface area contributed by atoms with Gasteiger partial charge in [0.1, 0.15) is 0 Å². The van der Waals surface area contributed by atoms with Gasteiger partial charge in [-0.3, -0.25) is 0 Å². The lowest BCUT2D eigenvalue weighted by Crippen LogP contribution is -2.14. The summed E-state index contributed by atoms with van der Waals surface area (Å²) >= 11 is 1.80. The Balaban J connectivity index is 2.37. The van der Waals surface area contributed by atoms with Crippen molar-refractivity contribution in [3.8, 4) is 0 Å². The smallest absolute Gasteiger partial charge is 0.0954 e. The third-order valence-corrected chi connectivity index (χ3v) is 3.67. The summed E-state index contributed by atoms with van der Waals surface area (Å²) in [5.74, 6) is 0. The highest BCUT2D eigenvalue weighted by molar-refractivity contribution is 7.11. The van der Waals surface area contributed by atoms with E-state index in [2.05, 4.69) is 24.1 Å². The normalized spacial score (nSPS) is 10.9. The van der Waals surface area contributed by atoms with E-state index in [-0.39, 0.29) is 0 Å². The van der Waals surface area contributed by atoms with E-state index in [1.807, 2.05) is 0 Å². The fraction of sp³-hybridized carbons (Fsp3) is 0.750. The fourth-order valence-corrected chi connectivity index (χ4v) is 2.47.